The average molecular weight is 245 g/mol. The van der Waals surface area contributed by atoms with E-state index in [-0.39, 0.29) is 6.61 Å². The lowest BCUT2D eigenvalue weighted by molar-refractivity contribution is -0.153. The van der Waals surface area contributed by atoms with Gasteiger partial charge >= 0.3 is 5.97 Å². The van der Waals surface area contributed by atoms with Crippen LogP contribution in [-0.2, 0) is 9.53 Å². The van der Waals surface area contributed by atoms with Crippen molar-refractivity contribution in [1.82, 2.24) is 4.57 Å². The third-order valence-electron chi connectivity index (χ3n) is 2.62. The lowest BCUT2D eigenvalue weighted by Crippen LogP contribution is -2.15. The van der Waals surface area contributed by atoms with Crippen LogP contribution in [0.3, 0.4) is 0 Å². The lowest BCUT2D eigenvalue weighted by Gasteiger charge is -2.10. The number of hydrogen-bond acceptors (Lipinski definition) is 3. The number of aliphatic hydroxyl groups excluding tert-OH is 1. The fraction of sp³-hybridized carbons (Fsp3) is 0.214. The molecule has 18 heavy (non-hydrogen) atoms. The van der Waals surface area contributed by atoms with E-state index in [2.05, 4.69) is 0 Å². The normalized spacial score (nSPS) is 12.1. The van der Waals surface area contributed by atoms with Crippen molar-refractivity contribution >= 4 is 5.97 Å². The van der Waals surface area contributed by atoms with Gasteiger partial charge < -0.3 is 14.4 Å². The largest absolute Gasteiger partial charge is 0.464 e. The molecule has 4 heteroatoms. The molecular formula is C14H15NO3. The highest BCUT2D eigenvalue weighted by Crippen LogP contribution is 2.17. The monoisotopic (exact) mass is 245 g/mol. The summed E-state index contributed by atoms with van der Waals surface area (Å²) in [5.41, 5.74) is 1.50. The zero-order valence-electron chi connectivity index (χ0n) is 10.1. The summed E-state index contributed by atoms with van der Waals surface area (Å²) in [6.45, 7) is 1.97. The highest BCUT2D eigenvalue weighted by Gasteiger charge is 2.18. The summed E-state index contributed by atoms with van der Waals surface area (Å²) in [7, 11) is 0. The Kier molecular flexibility index (Phi) is 3.79. The molecule has 0 radical (unpaired) electrons. The molecule has 2 aromatic rings. The van der Waals surface area contributed by atoms with Crippen LogP contribution in [0, 0.1) is 0 Å². The summed E-state index contributed by atoms with van der Waals surface area (Å²) >= 11 is 0. The first-order valence-electron chi connectivity index (χ1n) is 5.80. The van der Waals surface area contributed by atoms with Crippen molar-refractivity contribution in [3.63, 3.8) is 0 Å². The topological polar surface area (TPSA) is 51.5 Å². The Morgan fingerprint density at radius 1 is 1.28 bits per heavy atom. The maximum Gasteiger partial charge on any atom is 0.339 e. The van der Waals surface area contributed by atoms with E-state index >= 15 is 0 Å². The molecule has 0 saturated heterocycles. The summed E-state index contributed by atoms with van der Waals surface area (Å²) < 4.78 is 6.71. The second-order valence-corrected chi connectivity index (χ2v) is 3.84. The number of carbonyl (C=O) groups is 1. The van der Waals surface area contributed by atoms with Crippen LogP contribution in [0.4, 0.5) is 0 Å². The van der Waals surface area contributed by atoms with Gasteiger partial charge in [-0.2, -0.15) is 0 Å². The van der Waals surface area contributed by atoms with Gasteiger partial charge in [-0.05, 0) is 36.8 Å². The first-order chi connectivity index (χ1) is 8.72. The van der Waals surface area contributed by atoms with Crippen molar-refractivity contribution in [2.75, 3.05) is 6.61 Å². The average Bonchev–Trinajstić information content (AvgIpc) is 2.92. The molecule has 0 aliphatic carbocycles. The van der Waals surface area contributed by atoms with Crippen LogP contribution in [-0.4, -0.2) is 22.2 Å². The van der Waals surface area contributed by atoms with Crippen LogP contribution in [0.5, 0.6) is 0 Å². The lowest BCUT2D eigenvalue weighted by atomic mass is 10.1. The van der Waals surface area contributed by atoms with E-state index in [0.717, 1.165) is 5.69 Å². The van der Waals surface area contributed by atoms with Crippen LogP contribution < -0.4 is 0 Å². The van der Waals surface area contributed by atoms with Crippen molar-refractivity contribution in [2.24, 2.45) is 0 Å². The Balaban J connectivity index is 2.15. The van der Waals surface area contributed by atoms with E-state index in [1.54, 1.807) is 19.1 Å². The molecule has 0 aliphatic rings. The Labute approximate surface area is 105 Å². The Morgan fingerprint density at radius 3 is 2.44 bits per heavy atom. The van der Waals surface area contributed by atoms with E-state index in [4.69, 9.17) is 4.74 Å². The van der Waals surface area contributed by atoms with Crippen LogP contribution in [0.1, 0.15) is 18.6 Å². The van der Waals surface area contributed by atoms with Gasteiger partial charge in [0.25, 0.3) is 0 Å². The number of aromatic nitrogens is 1. The third-order valence-corrected chi connectivity index (χ3v) is 2.62. The summed E-state index contributed by atoms with van der Waals surface area (Å²) in [6.07, 6.45) is 2.64. The number of aliphatic hydroxyl groups is 1. The fourth-order valence-corrected chi connectivity index (χ4v) is 1.69. The molecular weight excluding hydrogens is 230 g/mol. The van der Waals surface area contributed by atoms with Gasteiger partial charge in [0.2, 0.25) is 0 Å². The summed E-state index contributed by atoms with van der Waals surface area (Å²) in [5, 5.41) is 9.76. The highest BCUT2D eigenvalue weighted by atomic mass is 16.5. The zero-order valence-corrected chi connectivity index (χ0v) is 10.1. The van der Waals surface area contributed by atoms with E-state index in [9.17, 15) is 9.90 Å². The van der Waals surface area contributed by atoms with Crippen molar-refractivity contribution < 1.29 is 14.6 Å². The number of ether oxygens (including phenoxy) is 1. The molecule has 1 heterocycles. The summed E-state index contributed by atoms with van der Waals surface area (Å²) in [5.74, 6) is -0.619. The Hall–Kier alpha value is -2.07. The van der Waals surface area contributed by atoms with Crippen LogP contribution in [0.2, 0.25) is 0 Å². The van der Waals surface area contributed by atoms with E-state index < -0.39 is 12.1 Å². The smallest absolute Gasteiger partial charge is 0.339 e. The van der Waals surface area contributed by atoms with E-state index in [0.29, 0.717) is 5.56 Å². The van der Waals surface area contributed by atoms with Gasteiger partial charge in [0.1, 0.15) is 0 Å². The van der Waals surface area contributed by atoms with E-state index in [1.165, 1.54) is 0 Å². The van der Waals surface area contributed by atoms with Crippen molar-refractivity contribution in [2.45, 2.75) is 13.0 Å². The fourth-order valence-electron chi connectivity index (χ4n) is 1.69. The van der Waals surface area contributed by atoms with Crippen LogP contribution in [0.15, 0.2) is 48.8 Å². The summed E-state index contributed by atoms with van der Waals surface area (Å²) in [6, 6.07) is 11.0. The number of rotatable bonds is 4. The highest BCUT2D eigenvalue weighted by molar-refractivity contribution is 5.76. The molecule has 1 N–H and O–H groups in total. The Morgan fingerprint density at radius 2 is 1.89 bits per heavy atom. The molecule has 0 bridgehead atoms. The molecule has 0 amide bonds. The first kappa shape index (κ1) is 12.4. The molecule has 0 spiro atoms. The standard InChI is InChI=1S/C14H15NO3/c1-2-18-14(17)13(16)11-5-7-12(8-6-11)15-9-3-4-10-15/h3-10,13,16H,2H2,1H3/t13-/m0/s1. The van der Waals surface area contributed by atoms with E-state index in [1.807, 2.05) is 41.2 Å². The molecule has 0 fully saturated rings. The minimum atomic E-state index is -1.22. The molecule has 0 unspecified atom stereocenters. The summed E-state index contributed by atoms with van der Waals surface area (Å²) in [4.78, 5) is 11.4. The third kappa shape index (κ3) is 2.60. The molecule has 4 nitrogen and oxygen atoms in total. The van der Waals surface area contributed by atoms with Gasteiger partial charge in [0.15, 0.2) is 6.10 Å². The van der Waals surface area contributed by atoms with Gasteiger partial charge in [-0.3, -0.25) is 0 Å². The first-order valence-corrected chi connectivity index (χ1v) is 5.80. The second-order valence-electron chi connectivity index (χ2n) is 3.84. The number of nitrogens with zero attached hydrogens (tertiary/aromatic N) is 1. The Bertz CT molecular complexity index is 502. The maximum absolute atomic E-state index is 11.4. The van der Waals surface area contributed by atoms with Crippen molar-refractivity contribution in [3.05, 3.63) is 54.4 Å². The maximum atomic E-state index is 11.4. The van der Waals surface area contributed by atoms with Gasteiger partial charge in [-0.1, -0.05) is 12.1 Å². The van der Waals surface area contributed by atoms with Crippen LogP contribution in [0.25, 0.3) is 5.69 Å². The zero-order chi connectivity index (χ0) is 13.0. The molecule has 94 valence electrons. The predicted molar refractivity (Wildman–Crippen MR) is 67.4 cm³/mol. The van der Waals surface area contributed by atoms with Gasteiger partial charge in [-0.15, -0.1) is 0 Å². The van der Waals surface area contributed by atoms with Crippen LogP contribution >= 0.6 is 0 Å². The number of carbonyl (C=O) groups excluding carboxylic acids is 1. The van der Waals surface area contributed by atoms with Crippen molar-refractivity contribution in [3.8, 4) is 5.69 Å². The molecule has 1 aromatic heterocycles. The molecule has 0 saturated carbocycles. The quantitative estimate of drug-likeness (QED) is 0.839. The minimum absolute atomic E-state index is 0.261. The molecule has 1 aromatic carbocycles. The van der Waals surface area contributed by atoms with Gasteiger partial charge in [-0.25, -0.2) is 4.79 Å². The van der Waals surface area contributed by atoms with Crippen molar-refractivity contribution in [1.29, 1.82) is 0 Å². The van der Waals surface area contributed by atoms with Gasteiger partial charge in [0, 0.05) is 18.1 Å². The molecule has 2 rings (SSSR count). The minimum Gasteiger partial charge on any atom is -0.464 e. The second kappa shape index (κ2) is 5.51. The number of hydrogen-bond donors (Lipinski definition) is 1. The number of esters is 1. The predicted octanol–water partition coefficient (Wildman–Crippen LogP) is 2.07. The molecule has 1 atom stereocenters. The SMILES string of the molecule is CCOC(=O)[C@@H](O)c1ccc(-n2cccc2)cc1. The molecule has 0 aliphatic heterocycles. The van der Waals surface area contributed by atoms with Gasteiger partial charge in [0.05, 0.1) is 6.61 Å². The number of benzene rings is 1.